The summed E-state index contributed by atoms with van der Waals surface area (Å²) in [5.41, 5.74) is 6.61. The molecule has 1 atom stereocenters. The summed E-state index contributed by atoms with van der Waals surface area (Å²) in [5, 5.41) is 14.6. The van der Waals surface area contributed by atoms with E-state index in [1.165, 1.54) is 0 Å². The summed E-state index contributed by atoms with van der Waals surface area (Å²) in [6.45, 7) is 4.94. The number of carbonyl (C=O) groups excluding carboxylic acids is 1. The monoisotopic (exact) mass is 292 g/mol. The Bertz CT molecular complexity index is 495. The van der Waals surface area contributed by atoms with Crippen molar-refractivity contribution >= 4 is 11.7 Å². The van der Waals surface area contributed by atoms with E-state index in [1.807, 2.05) is 19.0 Å². The molecule has 0 aliphatic carbocycles. The first-order chi connectivity index (χ1) is 9.85. The highest BCUT2D eigenvalue weighted by Crippen LogP contribution is 2.08. The minimum absolute atomic E-state index is 0.0228. The molecule has 6 nitrogen and oxygen atoms in total. The van der Waals surface area contributed by atoms with E-state index >= 15 is 0 Å². The second kappa shape index (κ2) is 7.64. The van der Waals surface area contributed by atoms with Gasteiger partial charge in [0.25, 0.3) is 5.91 Å². The summed E-state index contributed by atoms with van der Waals surface area (Å²) < 4.78 is 0. The van der Waals surface area contributed by atoms with Gasteiger partial charge in [-0.3, -0.25) is 4.79 Å². The number of likely N-dealkylation sites (N-methyl/N-ethyl adjacent to an activating group) is 1. The molecular weight excluding hydrogens is 268 g/mol. The van der Waals surface area contributed by atoms with Gasteiger partial charge in [0.2, 0.25) is 0 Å². The molecule has 0 heterocycles. The van der Waals surface area contributed by atoms with Crippen LogP contribution in [0, 0.1) is 5.92 Å². The maximum absolute atomic E-state index is 12.3. The van der Waals surface area contributed by atoms with E-state index in [9.17, 15) is 4.79 Å². The van der Waals surface area contributed by atoms with Gasteiger partial charge in [0.1, 0.15) is 0 Å². The van der Waals surface area contributed by atoms with Gasteiger partial charge in [0.05, 0.1) is 0 Å². The zero-order chi connectivity index (χ0) is 16.0. The normalized spacial score (nSPS) is 13.5. The lowest BCUT2D eigenvalue weighted by Crippen LogP contribution is -2.45. The van der Waals surface area contributed by atoms with Crippen LogP contribution in [-0.4, -0.2) is 48.5 Å². The Morgan fingerprint density at radius 3 is 2.24 bits per heavy atom. The van der Waals surface area contributed by atoms with E-state index < -0.39 is 0 Å². The van der Waals surface area contributed by atoms with E-state index in [2.05, 4.69) is 24.3 Å². The van der Waals surface area contributed by atoms with Gasteiger partial charge < -0.3 is 21.2 Å². The lowest BCUT2D eigenvalue weighted by atomic mass is 10.0. The molecule has 0 saturated carbocycles. The van der Waals surface area contributed by atoms with Crippen LogP contribution in [0.25, 0.3) is 0 Å². The van der Waals surface area contributed by atoms with Crippen molar-refractivity contribution in [2.24, 2.45) is 16.8 Å². The maximum atomic E-state index is 12.3. The smallest absolute Gasteiger partial charge is 0.251 e. The Hall–Kier alpha value is -2.08. The fourth-order valence-electron chi connectivity index (χ4n) is 1.92. The van der Waals surface area contributed by atoms with Crippen molar-refractivity contribution in [1.29, 1.82) is 0 Å². The molecule has 0 aliphatic rings. The Morgan fingerprint density at radius 1 is 1.29 bits per heavy atom. The number of amidine groups is 1. The van der Waals surface area contributed by atoms with Crippen molar-refractivity contribution in [2.45, 2.75) is 19.9 Å². The number of rotatable bonds is 6. The largest absolute Gasteiger partial charge is 0.409 e. The topological polar surface area (TPSA) is 91.0 Å². The van der Waals surface area contributed by atoms with Crippen LogP contribution in [0.2, 0.25) is 0 Å². The summed E-state index contributed by atoms with van der Waals surface area (Å²) >= 11 is 0. The number of nitrogens with two attached hydrogens (primary N) is 1. The van der Waals surface area contributed by atoms with Crippen molar-refractivity contribution < 1.29 is 10.0 Å². The van der Waals surface area contributed by atoms with Crippen LogP contribution < -0.4 is 11.1 Å². The fraction of sp³-hybridized carbons (Fsp3) is 0.467. The zero-order valence-electron chi connectivity index (χ0n) is 13.0. The molecule has 1 unspecified atom stereocenters. The van der Waals surface area contributed by atoms with Gasteiger partial charge in [0, 0.05) is 23.7 Å². The molecular formula is C15H24N4O2. The van der Waals surface area contributed by atoms with E-state index in [-0.39, 0.29) is 17.8 Å². The lowest BCUT2D eigenvalue weighted by molar-refractivity contribution is 0.0916. The Labute approximate surface area is 125 Å². The van der Waals surface area contributed by atoms with Crippen LogP contribution in [0.1, 0.15) is 29.8 Å². The first-order valence-electron chi connectivity index (χ1n) is 6.88. The van der Waals surface area contributed by atoms with Gasteiger partial charge in [-0.1, -0.05) is 31.1 Å². The van der Waals surface area contributed by atoms with Crippen molar-refractivity contribution in [3.63, 3.8) is 0 Å². The van der Waals surface area contributed by atoms with Gasteiger partial charge in [-0.15, -0.1) is 0 Å². The third-order valence-corrected chi connectivity index (χ3v) is 3.23. The molecule has 6 heteroatoms. The molecule has 0 aromatic heterocycles. The summed E-state index contributed by atoms with van der Waals surface area (Å²) in [7, 11) is 3.96. The number of nitrogens with zero attached hydrogens (tertiary/aromatic N) is 2. The number of benzene rings is 1. The molecule has 0 fully saturated rings. The van der Waals surface area contributed by atoms with Crippen LogP contribution in [0.3, 0.4) is 0 Å². The first kappa shape index (κ1) is 17.0. The van der Waals surface area contributed by atoms with Gasteiger partial charge in [-0.05, 0) is 32.1 Å². The zero-order valence-corrected chi connectivity index (χ0v) is 13.0. The number of hydrogen-bond donors (Lipinski definition) is 3. The Morgan fingerprint density at radius 2 is 1.81 bits per heavy atom. The molecule has 116 valence electrons. The Kier molecular flexibility index (Phi) is 6.17. The third-order valence-electron chi connectivity index (χ3n) is 3.23. The average molecular weight is 292 g/mol. The molecule has 0 radical (unpaired) electrons. The summed E-state index contributed by atoms with van der Waals surface area (Å²) in [4.78, 5) is 14.3. The highest BCUT2D eigenvalue weighted by molar-refractivity contribution is 5.99. The molecule has 21 heavy (non-hydrogen) atoms. The fourth-order valence-corrected chi connectivity index (χ4v) is 1.92. The SMILES string of the molecule is CC(C)C(CN(C)C)NC(=O)c1ccc(C(N)=NO)cc1. The lowest BCUT2D eigenvalue weighted by Gasteiger charge is -2.25. The molecule has 1 aromatic carbocycles. The van der Waals surface area contributed by atoms with Crippen molar-refractivity contribution in [2.75, 3.05) is 20.6 Å². The number of carbonyl (C=O) groups is 1. The van der Waals surface area contributed by atoms with Gasteiger partial charge in [-0.2, -0.15) is 0 Å². The average Bonchev–Trinajstić information content (AvgIpc) is 2.45. The number of oxime groups is 1. The van der Waals surface area contributed by atoms with Gasteiger partial charge in [0.15, 0.2) is 5.84 Å². The standard InChI is InChI=1S/C15H24N4O2/c1-10(2)13(9-19(3)4)17-15(20)12-7-5-11(6-8-12)14(16)18-21/h5-8,10,13,21H,9H2,1-4H3,(H2,16,18)(H,17,20). The molecule has 4 N–H and O–H groups in total. The highest BCUT2D eigenvalue weighted by Gasteiger charge is 2.18. The predicted octanol–water partition coefficient (Wildman–Crippen LogP) is 1.10. The quantitative estimate of drug-likeness (QED) is 0.317. The van der Waals surface area contributed by atoms with E-state index in [0.717, 1.165) is 6.54 Å². The van der Waals surface area contributed by atoms with Crippen LogP contribution in [0.4, 0.5) is 0 Å². The van der Waals surface area contributed by atoms with Crippen LogP contribution in [0.5, 0.6) is 0 Å². The second-order valence-electron chi connectivity index (χ2n) is 5.65. The summed E-state index contributed by atoms with van der Waals surface area (Å²) in [6.07, 6.45) is 0. The van der Waals surface area contributed by atoms with Crippen LogP contribution in [-0.2, 0) is 0 Å². The molecule has 1 aromatic rings. The van der Waals surface area contributed by atoms with E-state index in [4.69, 9.17) is 10.9 Å². The van der Waals surface area contributed by atoms with Crippen LogP contribution in [0.15, 0.2) is 29.4 Å². The second-order valence-corrected chi connectivity index (χ2v) is 5.65. The molecule has 1 amide bonds. The van der Waals surface area contributed by atoms with Crippen molar-refractivity contribution in [3.05, 3.63) is 35.4 Å². The molecule has 0 saturated heterocycles. The molecule has 1 rings (SSSR count). The van der Waals surface area contributed by atoms with Gasteiger partial charge in [-0.25, -0.2) is 0 Å². The molecule has 0 bridgehead atoms. The van der Waals surface area contributed by atoms with Gasteiger partial charge >= 0.3 is 0 Å². The highest BCUT2D eigenvalue weighted by atomic mass is 16.4. The van der Waals surface area contributed by atoms with E-state index in [1.54, 1.807) is 24.3 Å². The summed E-state index contributed by atoms with van der Waals surface area (Å²) in [5.74, 6) is 0.240. The number of amides is 1. The maximum Gasteiger partial charge on any atom is 0.251 e. The molecule has 0 spiro atoms. The minimum Gasteiger partial charge on any atom is -0.409 e. The van der Waals surface area contributed by atoms with Crippen molar-refractivity contribution in [3.8, 4) is 0 Å². The predicted molar refractivity (Wildman–Crippen MR) is 83.6 cm³/mol. The number of nitrogens with one attached hydrogen (secondary N) is 1. The first-order valence-corrected chi connectivity index (χ1v) is 6.88. The molecule has 0 aliphatic heterocycles. The summed E-state index contributed by atoms with van der Waals surface area (Å²) in [6, 6.07) is 6.71. The van der Waals surface area contributed by atoms with Crippen LogP contribution >= 0.6 is 0 Å². The number of hydrogen-bond acceptors (Lipinski definition) is 4. The van der Waals surface area contributed by atoms with Crippen molar-refractivity contribution in [1.82, 2.24) is 10.2 Å². The minimum atomic E-state index is -0.124. The third kappa shape index (κ3) is 5.07. The van der Waals surface area contributed by atoms with E-state index in [0.29, 0.717) is 17.0 Å². The Balaban J connectivity index is 2.78.